The van der Waals surface area contributed by atoms with E-state index in [-0.39, 0.29) is 46.1 Å². The number of nitrogens with one attached hydrogen (secondary N) is 2. The van der Waals surface area contributed by atoms with Crippen LogP contribution in [0.4, 0.5) is 5.69 Å². The lowest BCUT2D eigenvalue weighted by Crippen LogP contribution is -2.40. The molecule has 188 valence electrons. The summed E-state index contributed by atoms with van der Waals surface area (Å²) in [6.07, 6.45) is 0. The summed E-state index contributed by atoms with van der Waals surface area (Å²) in [5.74, 6) is -0.921. The maximum absolute atomic E-state index is 13.1. The molecule has 0 saturated carbocycles. The molecule has 0 unspecified atom stereocenters. The van der Waals surface area contributed by atoms with Crippen LogP contribution in [-0.2, 0) is 14.8 Å². The van der Waals surface area contributed by atoms with Gasteiger partial charge in [0, 0.05) is 18.7 Å². The minimum Gasteiger partial charge on any atom is -0.379 e. The van der Waals surface area contributed by atoms with Crippen LogP contribution in [0.1, 0.15) is 39.2 Å². The number of sulfonamides is 1. The van der Waals surface area contributed by atoms with Crippen molar-refractivity contribution in [3.63, 3.8) is 0 Å². The third-order valence-corrected chi connectivity index (χ3v) is 8.23. The highest BCUT2D eigenvalue weighted by molar-refractivity contribution is 7.89. The van der Waals surface area contributed by atoms with E-state index in [1.165, 1.54) is 22.5 Å². The molecule has 2 amide bonds. The van der Waals surface area contributed by atoms with E-state index in [2.05, 4.69) is 10.6 Å². The van der Waals surface area contributed by atoms with Crippen molar-refractivity contribution < 1.29 is 22.7 Å². The summed E-state index contributed by atoms with van der Waals surface area (Å²) in [5.41, 5.74) is 1.62. The molecule has 1 atom stereocenters. The quantitative estimate of drug-likeness (QED) is 0.481. The summed E-state index contributed by atoms with van der Waals surface area (Å²) < 4.78 is 32.7. The zero-order valence-corrected chi connectivity index (χ0v) is 21.2. The SMILES string of the molecule is C[C@H](NC(=O)c1ccccc1NC(=O)c1ccc(Cl)c(S(=O)(=O)N2CCOCC2)c1)c1ccccc1. The average Bonchev–Trinajstić information content (AvgIpc) is 2.90. The van der Waals surface area contributed by atoms with Gasteiger partial charge in [0.05, 0.1) is 35.5 Å². The molecular formula is C26H26ClN3O5S. The highest BCUT2D eigenvalue weighted by Gasteiger charge is 2.29. The molecule has 3 aromatic carbocycles. The van der Waals surface area contributed by atoms with Crippen LogP contribution in [0, 0.1) is 0 Å². The molecule has 2 N–H and O–H groups in total. The minimum absolute atomic E-state index is 0.0210. The van der Waals surface area contributed by atoms with Crippen molar-refractivity contribution in [3.05, 3.63) is 94.5 Å². The largest absolute Gasteiger partial charge is 0.379 e. The molecule has 4 rings (SSSR count). The summed E-state index contributed by atoms with van der Waals surface area (Å²) in [7, 11) is -3.91. The first-order valence-corrected chi connectivity index (χ1v) is 13.2. The van der Waals surface area contributed by atoms with Gasteiger partial charge in [0.25, 0.3) is 11.8 Å². The number of hydrogen-bond acceptors (Lipinski definition) is 5. The third-order valence-electron chi connectivity index (χ3n) is 5.85. The predicted molar refractivity (Wildman–Crippen MR) is 138 cm³/mol. The van der Waals surface area contributed by atoms with Crippen LogP contribution in [-0.4, -0.2) is 50.8 Å². The van der Waals surface area contributed by atoms with Crippen molar-refractivity contribution in [2.45, 2.75) is 17.9 Å². The van der Waals surface area contributed by atoms with E-state index in [9.17, 15) is 18.0 Å². The van der Waals surface area contributed by atoms with Gasteiger partial charge in [-0.05, 0) is 42.8 Å². The molecular weight excluding hydrogens is 502 g/mol. The van der Waals surface area contributed by atoms with Gasteiger partial charge in [-0.25, -0.2) is 8.42 Å². The number of para-hydroxylation sites is 1. The van der Waals surface area contributed by atoms with E-state index in [0.29, 0.717) is 18.9 Å². The Morgan fingerprint density at radius 3 is 2.33 bits per heavy atom. The maximum atomic E-state index is 13.1. The lowest BCUT2D eigenvalue weighted by molar-refractivity contribution is 0.0730. The van der Waals surface area contributed by atoms with Gasteiger partial charge >= 0.3 is 0 Å². The van der Waals surface area contributed by atoms with Crippen molar-refractivity contribution in [1.82, 2.24) is 9.62 Å². The zero-order valence-electron chi connectivity index (χ0n) is 19.6. The first-order chi connectivity index (χ1) is 17.3. The van der Waals surface area contributed by atoms with Gasteiger partial charge in [-0.1, -0.05) is 54.1 Å². The van der Waals surface area contributed by atoms with Crippen LogP contribution in [0.15, 0.2) is 77.7 Å². The second kappa shape index (κ2) is 11.2. The van der Waals surface area contributed by atoms with Crippen LogP contribution < -0.4 is 10.6 Å². The normalized spacial score (nSPS) is 15.2. The van der Waals surface area contributed by atoms with Crippen molar-refractivity contribution in [1.29, 1.82) is 0 Å². The zero-order chi connectivity index (χ0) is 25.7. The van der Waals surface area contributed by atoms with Gasteiger partial charge in [0.15, 0.2) is 0 Å². The topological polar surface area (TPSA) is 105 Å². The molecule has 0 spiro atoms. The Balaban J connectivity index is 1.54. The van der Waals surface area contributed by atoms with Gasteiger partial charge in [0.2, 0.25) is 10.0 Å². The van der Waals surface area contributed by atoms with Crippen LogP contribution in [0.2, 0.25) is 5.02 Å². The van der Waals surface area contributed by atoms with E-state index in [4.69, 9.17) is 16.3 Å². The van der Waals surface area contributed by atoms with E-state index in [1.807, 2.05) is 37.3 Å². The van der Waals surface area contributed by atoms with E-state index >= 15 is 0 Å². The Kier molecular flexibility index (Phi) is 8.05. The Morgan fingerprint density at radius 2 is 1.61 bits per heavy atom. The molecule has 1 saturated heterocycles. The smallest absolute Gasteiger partial charge is 0.255 e. The molecule has 3 aromatic rings. The van der Waals surface area contributed by atoms with E-state index in [1.54, 1.807) is 24.3 Å². The van der Waals surface area contributed by atoms with Gasteiger partial charge < -0.3 is 15.4 Å². The highest BCUT2D eigenvalue weighted by atomic mass is 35.5. The van der Waals surface area contributed by atoms with Gasteiger partial charge in [-0.3, -0.25) is 9.59 Å². The third kappa shape index (κ3) is 5.76. The van der Waals surface area contributed by atoms with E-state index < -0.39 is 15.9 Å². The minimum atomic E-state index is -3.91. The number of ether oxygens (including phenoxy) is 1. The van der Waals surface area contributed by atoms with Gasteiger partial charge in [0.1, 0.15) is 4.90 Å². The van der Waals surface area contributed by atoms with Crippen molar-refractivity contribution >= 4 is 39.1 Å². The summed E-state index contributed by atoms with van der Waals surface area (Å²) in [4.78, 5) is 25.9. The number of benzene rings is 3. The summed E-state index contributed by atoms with van der Waals surface area (Å²) in [6, 6.07) is 20.0. The predicted octanol–water partition coefficient (Wildman–Crippen LogP) is 4.10. The second-order valence-electron chi connectivity index (χ2n) is 8.27. The Bertz CT molecular complexity index is 1360. The number of halogens is 1. The number of amides is 2. The van der Waals surface area contributed by atoms with Crippen LogP contribution in [0.5, 0.6) is 0 Å². The molecule has 8 nitrogen and oxygen atoms in total. The molecule has 36 heavy (non-hydrogen) atoms. The number of morpholine rings is 1. The monoisotopic (exact) mass is 527 g/mol. The van der Waals surface area contributed by atoms with Crippen molar-refractivity contribution in [2.75, 3.05) is 31.6 Å². The number of anilines is 1. The lowest BCUT2D eigenvalue weighted by Gasteiger charge is -2.26. The van der Waals surface area contributed by atoms with Gasteiger partial charge in [-0.15, -0.1) is 0 Å². The lowest BCUT2D eigenvalue weighted by atomic mass is 10.1. The van der Waals surface area contributed by atoms with Crippen molar-refractivity contribution in [2.24, 2.45) is 0 Å². The molecule has 0 bridgehead atoms. The number of carbonyl (C=O) groups excluding carboxylic acids is 2. The summed E-state index contributed by atoms with van der Waals surface area (Å²) in [6.45, 7) is 2.87. The fourth-order valence-corrected chi connectivity index (χ4v) is 5.76. The number of carbonyl (C=O) groups is 2. The van der Waals surface area contributed by atoms with Crippen molar-refractivity contribution in [3.8, 4) is 0 Å². The fourth-order valence-electron chi connectivity index (χ4n) is 3.85. The highest BCUT2D eigenvalue weighted by Crippen LogP contribution is 2.27. The Morgan fingerprint density at radius 1 is 0.944 bits per heavy atom. The molecule has 1 aliphatic heterocycles. The standard InChI is InChI=1S/C26H26ClN3O5S/c1-18(19-7-3-2-4-8-19)28-26(32)21-9-5-6-10-23(21)29-25(31)20-11-12-22(27)24(17-20)36(33,34)30-13-15-35-16-14-30/h2-12,17-18H,13-16H2,1H3,(H,28,32)(H,29,31)/t18-/m0/s1. The van der Waals surface area contributed by atoms with E-state index in [0.717, 1.165) is 5.56 Å². The molecule has 0 aromatic heterocycles. The fraction of sp³-hybridized carbons (Fsp3) is 0.231. The molecule has 1 aliphatic rings. The average molecular weight is 528 g/mol. The van der Waals surface area contributed by atoms with Gasteiger partial charge in [-0.2, -0.15) is 4.31 Å². The summed E-state index contributed by atoms with van der Waals surface area (Å²) in [5, 5.41) is 5.68. The maximum Gasteiger partial charge on any atom is 0.255 e. The first-order valence-electron chi connectivity index (χ1n) is 11.4. The molecule has 0 aliphatic carbocycles. The number of hydrogen-bond donors (Lipinski definition) is 2. The molecule has 1 fully saturated rings. The Labute approximate surface area is 215 Å². The number of nitrogens with zero attached hydrogens (tertiary/aromatic N) is 1. The molecule has 1 heterocycles. The summed E-state index contributed by atoms with van der Waals surface area (Å²) >= 11 is 6.21. The Hall–Kier alpha value is -3.24. The van der Waals surface area contributed by atoms with Crippen LogP contribution in [0.3, 0.4) is 0 Å². The number of rotatable bonds is 7. The molecule has 0 radical (unpaired) electrons. The van der Waals surface area contributed by atoms with Crippen LogP contribution >= 0.6 is 11.6 Å². The molecule has 10 heteroatoms. The second-order valence-corrected chi connectivity index (χ2v) is 10.6. The van der Waals surface area contributed by atoms with Crippen LogP contribution in [0.25, 0.3) is 0 Å². The first kappa shape index (κ1) is 25.8.